The second kappa shape index (κ2) is 5.26. The lowest BCUT2D eigenvalue weighted by Crippen LogP contribution is -2.34. The van der Waals surface area contributed by atoms with Crippen molar-refractivity contribution in [1.82, 2.24) is 4.98 Å². The van der Waals surface area contributed by atoms with Gasteiger partial charge in [-0.2, -0.15) is 5.26 Å². The molecule has 16 heavy (non-hydrogen) atoms. The number of nitrogens with zero attached hydrogens (tertiary/aromatic N) is 3. The molecule has 0 fully saturated rings. The molecule has 1 aromatic heterocycles. The van der Waals surface area contributed by atoms with Gasteiger partial charge in [-0.1, -0.05) is 13.8 Å². The number of hydrogen-bond acceptors (Lipinski definition) is 3. The molecular formula is C12H15N3O. The Hall–Kier alpha value is -1.89. The topological polar surface area (TPSA) is 57.0 Å². The fraction of sp³-hybridized carbons (Fsp3) is 0.417. The summed E-state index contributed by atoms with van der Waals surface area (Å²) >= 11 is 0. The SMILES string of the molecule is CC(C)C(C#N)C(=O)N(C)c1cccnc1. The molecule has 1 unspecified atom stereocenters. The molecule has 1 aromatic rings. The fourth-order valence-electron chi connectivity index (χ4n) is 1.38. The number of carbonyl (C=O) groups is 1. The molecule has 0 aliphatic carbocycles. The molecule has 4 heteroatoms. The van der Waals surface area contributed by atoms with E-state index in [1.54, 1.807) is 31.6 Å². The van der Waals surface area contributed by atoms with Crippen molar-refractivity contribution < 1.29 is 4.79 Å². The van der Waals surface area contributed by atoms with Crippen molar-refractivity contribution in [3.63, 3.8) is 0 Å². The van der Waals surface area contributed by atoms with Crippen LogP contribution in [0.4, 0.5) is 5.69 Å². The molecule has 0 saturated carbocycles. The van der Waals surface area contributed by atoms with Crippen molar-refractivity contribution in [2.75, 3.05) is 11.9 Å². The minimum atomic E-state index is -0.606. The standard InChI is InChI=1S/C12H15N3O/c1-9(2)11(7-13)12(16)15(3)10-5-4-6-14-8-10/h4-6,8-9,11H,1-3H3. The van der Waals surface area contributed by atoms with Gasteiger partial charge in [0.05, 0.1) is 18.0 Å². The zero-order valence-corrected chi connectivity index (χ0v) is 9.71. The molecule has 0 aliphatic heterocycles. The molecule has 0 bridgehead atoms. The number of pyridine rings is 1. The predicted molar refractivity (Wildman–Crippen MR) is 61.6 cm³/mol. The largest absolute Gasteiger partial charge is 0.313 e. The highest BCUT2D eigenvalue weighted by atomic mass is 16.2. The molecule has 1 amide bonds. The number of aromatic nitrogens is 1. The number of nitriles is 1. The lowest BCUT2D eigenvalue weighted by Gasteiger charge is -2.21. The maximum Gasteiger partial charge on any atom is 0.244 e. The van der Waals surface area contributed by atoms with Gasteiger partial charge in [-0.3, -0.25) is 9.78 Å². The summed E-state index contributed by atoms with van der Waals surface area (Å²) in [5.74, 6) is -0.785. The Morgan fingerprint density at radius 3 is 2.69 bits per heavy atom. The van der Waals surface area contributed by atoms with Gasteiger partial charge in [0.25, 0.3) is 0 Å². The molecule has 4 nitrogen and oxygen atoms in total. The maximum atomic E-state index is 12.0. The predicted octanol–water partition coefficient (Wildman–Crippen LogP) is 1.84. The van der Waals surface area contributed by atoms with E-state index in [0.717, 1.165) is 0 Å². The lowest BCUT2D eigenvalue weighted by molar-refractivity contribution is -0.121. The molecule has 0 saturated heterocycles. The Morgan fingerprint density at radius 2 is 2.25 bits per heavy atom. The first-order valence-corrected chi connectivity index (χ1v) is 5.15. The number of amides is 1. The van der Waals surface area contributed by atoms with E-state index < -0.39 is 5.92 Å². The number of anilines is 1. The van der Waals surface area contributed by atoms with E-state index in [-0.39, 0.29) is 11.8 Å². The van der Waals surface area contributed by atoms with Gasteiger partial charge in [-0.05, 0) is 18.1 Å². The van der Waals surface area contributed by atoms with E-state index >= 15 is 0 Å². The first kappa shape index (κ1) is 12.2. The molecule has 84 valence electrons. The summed E-state index contributed by atoms with van der Waals surface area (Å²) in [7, 11) is 1.66. The van der Waals surface area contributed by atoms with Crippen LogP contribution in [0, 0.1) is 23.2 Å². The number of rotatable bonds is 3. The second-order valence-corrected chi connectivity index (χ2v) is 3.96. The smallest absolute Gasteiger partial charge is 0.244 e. The average Bonchev–Trinajstić information content (AvgIpc) is 2.29. The third-order valence-corrected chi connectivity index (χ3v) is 2.44. The molecule has 1 heterocycles. The number of carbonyl (C=O) groups excluding carboxylic acids is 1. The Balaban J connectivity index is 2.87. The van der Waals surface area contributed by atoms with E-state index in [4.69, 9.17) is 5.26 Å². The summed E-state index contributed by atoms with van der Waals surface area (Å²) in [6.07, 6.45) is 3.25. The lowest BCUT2D eigenvalue weighted by atomic mass is 9.96. The summed E-state index contributed by atoms with van der Waals surface area (Å²) < 4.78 is 0. The van der Waals surface area contributed by atoms with E-state index in [1.165, 1.54) is 4.90 Å². The van der Waals surface area contributed by atoms with Crippen LogP contribution in [-0.4, -0.2) is 17.9 Å². The van der Waals surface area contributed by atoms with Crippen LogP contribution in [0.5, 0.6) is 0 Å². The Labute approximate surface area is 95.5 Å². The van der Waals surface area contributed by atoms with Crippen LogP contribution < -0.4 is 4.90 Å². The van der Waals surface area contributed by atoms with Crippen LogP contribution >= 0.6 is 0 Å². The molecule has 1 rings (SSSR count). The van der Waals surface area contributed by atoms with Crippen molar-refractivity contribution in [1.29, 1.82) is 5.26 Å². The van der Waals surface area contributed by atoms with Crippen molar-refractivity contribution >= 4 is 11.6 Å². The zero-order valence-electron chi connectivity index (χ0n) is 9.71. The first-order chi connectivity index (χ1) is 7.57. The minimum Gasteiger partial charge on any atom is -0.313 e. The Bertz CT molecular complexity index is 394. The maximum absolute atomic E-state index is 12.0. The van der Waals surface area contributed by atoms with Crippen LogP contribution in [0.1, 0.15) is 13.8 Å². The van der Waals surface area contributed by atoms with E-state index in [1.807, 2.05) is 19.9 Å². The average molecular weight is 217 g/mol. The summed E-state index contributed by atoms with van der Waals surface area (Å²) in [6.45, 7) is 3.73. The van der Waals surface area contributed by atoms with Gasteiger partial charge < -0.3 is 4.90 Å². The van der Waals surface area contributed by atoms with Gasteiger partial charge in [-0.15, -0.1) is 0 Å². The highest BCUT2D eigenvalue weighted by Gasteiger charge is 2.25. The molecule has 1 atom stereocenters. The minimum absolute atomic E-state index is 0.0108. The highest BCUT2D eigenvalue weighted by Crippen LogP contribution is 2.17. The van der Waals surface area contributed by atoms with Gasteiger partial charge in [-0.25, -0.2) is 0 Å². The number of hydrogen-bond donors (Lipinski definition) is 0. The summed E-state index contributed by atoms with van der Waals surface area (Å²) in [5, 5.41) is 8.95. The zero-order chi connectivity index (χ0) is 12.1. The van der Waals surface area contributed by atoms with Gasteiger partial charge in [0.15, 0.2) is 0 Å². The van der Waals surface area contributed by atoms with Crippen molar-refractivity contribution in [3.8, 4) is 6.07 Å². The van der Waals surface area contributed by atoms with Crippen LogP contribution in [0.2, 0.25) is 0 Å². The highest BCUT2D eigenvalue weighted by molar-refractivity contribution is 5.95. The fourth-order valence-corrected chi connectivity index (χ4v) is 1.38. The van der Waals surface area contributed by atoms with Gasteiger partial charge >= 0.3 is 0 Å². The van der Waals surface area contributed by atoms with Gasteiger partial charge in [0.1, 0.15) is 5.92 Å². The van der Waals surface area contributed by atoms with Crippen LogP contribution in [0.25, 0.3) is 0 Å². The molecule has 0 aromatic carbocycles. The van der Waals surface area contributed by atoms with Crippen molar-refractivity contribution in [2.24, 2.45) is 11.8 Å². The van der Waals surface area contributed by atoms with E-state index in [9.17, 15) is 4.79 Å². The van der Waals surface area contributed by atoms with Crippen LogP contribution in [-0.2, 0) is 4.79 Å². The van der Waals surface area contributed by atoms with Gasteiger partial charge in [0.2, 0.25) is 5.91 Å². The van der Waals surface area contributed by atoms with E-state index in [0.29, 0.717) is 5.69 Å². The molecule has 0 radical (unpaired) electrons. The van der Waals surface area contributed by atoms with Crippen molar-refractivity contribution in [2.45, 2.75) is 13.8 Å². The quantitative estimate of drug-likeness (QED) is 0.776. The Kier molecular flexibility index (Phi) is 4.01. The Morgan fingerprint density at radius 1 is 1.56 bits per heavy atom. The third kappa shape index (κ3) is 2.57. The van der Waals surface area contributed by atoms with E-state index in [2.05, 4.69) is 4.98 Å². The molecule has 0 aliphatic rings. The van der Waals surface area contributed by atoms with Crippen molar-refractivity contribution in [3.05, 3.63) is 24.5 Å². The second-order valence-electron chi connectivity index (χ2n) is 3.96. The molecule has 0 N–H and O–H groups in total. The monoisotopic (exact) mass is 217 g/mol. The van der Waals surface area contributed by atoms with Crippen LogP contribution in [0.15, 0.2) is 24.5 Å². The molecular weight excluding hydrogens is 202 g/mol. The first-order valence-electron chi connectivity index (χ1n) is 5.15. The molecule has 0 spiro atoms. The third-order valence-electron chi connectivity index (χ3n) is 2.44. The summed E-state index contributed by atoms with van der Waals surface area (Å²) in [5.41, 5.74) is 0.702. The summed E-state index contributed by atoms with van der Waals surface area (Å²) in [6, 6.07) is 5.59. The van der Waals surface area contributed by atoms with Gasteiger partial charge in [0, 0.05) is 13.2 Å². The van der Waals surface area contributed by atoms with Crippen LogP contribution in [0.3, 0.4) is 0 Å². The summed E-state index contributed by atoms with van der Waals surface area (Å²) in [4.78, 5) is 17.4. The normalized spacial score (nSPS) is 11.9.